The van der Waals surface area contributed by atoms with Gasteiger partial charge in [-0.15, -0.1) is 0 Å². The number of imidazole rings is 1. The number of amides is 1. The van der Waals surface area contributed by atoms with Gasteiger partial charge in [0.05, 0.1) is 34.3 Å². The summed E-state index contributed by atoms with van der Waals surface area (Å²) < 4.78 is 32.0. The van der Waals surface area contributed by atoms with Crippen LogP contribution in [0.15, 0.2) is 22.7 Å². The molecule has 2 fully saturated rings. The highest BCUT2D eigenvalue weighted by Crippen LogP contribution is 2.36. The van der Waals surface area contributed by atoms with Crippen LogP contribution in [0.25, 0.3) is 22.2 Å². The van der Waals surface area contributed by atoms with E-state index in [0.717, 1.165) is 45.9 Å². The molecule has 1 amide bonds. The topological polar surface area (TPSA) is 107 Å². The van der Waals surface area contributed by atoms with Crippen molar-refractivity contribution >= 4 is 26.8 Å². The van der Waals surface area contributed by atoms with Crippen molar-refractivity contribution in [1.29, 1.82) is 0 Å². The summed E-state index contributed by atoms with van der Waals surface area (Å²) in [6.07, 6.45) is 2.55. The van der Waals surface area contributed by atoms with Gasteiger partial charge in [-0.2, -0.15) is 0 Å². The molecule has 2 aromatic heterocycles. The average Bonchev–Trinajstić information content (AvgIpc) is 3.37. The van der Waals surface area contributed by atoms with Crippen molar-refractivity contribution in [3.05, 3.63) is 35.5 Å². The number of carbonyl (C=O) groups is 1. The van der Waals surface area contributed by atoms with Crippen molar-refractivity contribution in [3.8, 4) is 11.1 Å². The van der Waals surface area contributed by atoms with E-state index < -0.39 is 9.84 Å². The Hall–Kier alpha value is -2.68. The van der Waals surface area contributed by atoms with Gasteiger partial charge in [0.15, 0.2) is 9.84 Å². The molecule has 9 heteroatoms. The molecule has 3 aromatic rings. The number of carbonyl (C=O) groups excluding carboxylic acids is 1. The number of hydrogen-bond donors (Lipinski definition) is 1. The molecule has 30 heavy (non-hydrogen) atoms. The number of fused-ring (bicyclic) bond motifs is 1. The van der Waals surface area contributed by atoms with E-state index in [1.54, 1.807) is 0 Å². The lowest BCUT2D eigenvalue weighted by Gasteiger charge is -2.27. The molecule has 2 saturated heterocycles. The van der Waals surface area contributed by atoms with E-state index in [0.29, 0.717) is 19.3 Å². The summed E-state index contributed by atoms with van der Waals surface area (Å²) in [5, 5.41) is 7.04. The Labute approximate surface area is 174 Å². The van der Waals surface area contributed by atoms with Crippen molar-refractivity contribution < 1.29 is 17.7 Å². The lowest BCUT2D eigenvalue weighted by Crippen LogP contribution is -2.30. The summed E-state index contributed by atoms with van der Waals surface area (Å²) in [5.74, 6) is 1.84. The van der Waals surface area contributed by atoms with Crippen LogP contribution in [-0.2, 0) is 14.6 Å². The van der Waals surface area contributed by atoms with Gasteiger partial charge >= 0.3 is 0 Å². The fourth-order valence-corrected chi connectivity index (χ4v) is 6.48. The number of rotatable bonds is 3. The van der Waals surface area contributed by atoms with Crippen LogP contribution in [0, 0.1) is 13.8 Å². The summed E-state index contributed by atoms with van der Waals surface area (Å²) >= 11 is 0. The number of aryl methyl sites for hydroxylation is 2. The zero-order valence-electron chi connectivity index (χ0n) is 17.0. The van der Waals surface area contributed by atoms with Crippen molar-refractivity contribution in [3.63, 3.8) is 0 Å². The van der Waals surface area contributed by atoms with E-state index in [-0.39, 0.29) is 29.5 Å². The summed E-state index contributed by atoms with van der Waals surface area (Å²) in [7, 11) is -3.09. The normalized spacial score (nSPS) is 23.7. The van der Waals surface area contributed by atoms with Crippen molar-refractivity contribution in [2.75, 3.05) is 11.5 Å². The molecule has 0 aliphatic carbocycles. The minimum Gasteiger partial charge on any atom is -0.361 e. The minimum atomic E-state index is -3.09. The Morgan fingerprint density at radius 2 is 2.07 bits per heavy atom. The fourth-order valence-electron chi connectivity index (χ4n) is 4.81. The Balaban J connectivity index is 1.67. The molecule has 158 valence electrons. The van der Waals surface area contributed by atoms with E-state index in [2.05, 4.69) is 15.0 Å². The van der Waals surface area contributed by atoms with Gasteiger partial charge in [-0.05, 0) is 50.8 Å². The van der Waals surface area contributed by atoms with E-state index in [9.17, 15) is 13.2 Å². The van der Waals surface area contributed by atoms with Gasteiger partial charge in [-0.3, -0.25) is 4.79 Å². The molecule has 0 saturated carbocycles. The number of nitrogens with one attached hydrogen (secondary N) is 1. The van der Waals surface area contributed by atoms with Crippen LogP contribution in [0.2, 0.25) is 0 Å². The summed E-state index contributed by atoms with van der Waals surface area (Å²) in [6.45, 7) is 3.78. The predicted octanol–water partition coefficient (Wildman–Crippen LogP) is 3.01. The number of nitrogens with zero attached hydrogens (tertiary/aromatic N) is 3. The highest BCUT2D eigenvalue weighted by atomic mass is 32.2. The Morgan fingerprint density at radius 1 is 1.23 bits per heavy atom. The molecule has 5 rings (SSSR count). The van der Waals surface area contributed by atoms with Crippen LogP contribution in [-0.4, -0.2) is 40.5 Å². The molecule has 0 bridgehead atoms. The quantitative estimate of drug-likeness (QED) is 0.687. The number of aromatic nitrogens is 3. The van der Waals surface area contributed by atoms with Gasteiger partial charge in [0.1, 0.15) is 11.6 Å². The molecule has 0 radical (unpaired) electrons. The van der Waals surface area contributed by atoms with Crippen molar-refractivity contribution in [1.82, 2.24) is 20.0 Å². The second-order valence-corrected chi connectivity index (χ2v) is 10.5. The molecule has 2 unspecified atom stereocenters. The maximum atomic E-state index is 12.3. The summed E-state index contributed by atoms with van der Waals surface area (Å²) in [6, 6.07) is 5.62. The summed E-state index contributed by atoms with van der Waals surface area (Å²) in [5.41, 5.74) is 4.40. The third-order valence-corrected chi connectivity index (χ3v) is 7.95. The third-order valence-electron chi connectivity index (χ3n) is 6.15. The second-order valence-electron chi connectivity index (χ2n) is 8.31. The van der Waals surface area contributed by atoms with E-state index in [1.807, 2.05) is 32.0 Å². The zero-order valence-corrected chi connectivity index (χ0v) is 17.8. The molecule has 1 N–H and O–H groups in total. The highest BCUT2D eigenvalue weighted by molar-refractivity contribution is 7.91. The smallest absolute Gasteiger partial charge is 0.220 e. The maximum Gasteiger partial charge on any atom is 0.220 e. The second kappa shape index (κ2) is 6.94. The van der Waals surface area contributed by atoms with Gasteiger partial charge < -0.3 is 14.4 Å². The number of sulfone groups is 1. The average molecular weight is 429 g/mol. The molecular formula is C21H24N4O4S. The SMILES string of the molecule is Cc1noc(C)c1-c1ccc2c(c1)nc(C1CCC(=O)N1)n2C1CCCS(=O)(=O)C1. The lowest BCUT2D eigenvalue weighted by molar-refractivity contribution is -0.119. The Morgan fingerprint density at radius 3 is 2.73 bits per heavy atom. The van der Waals surface area contributed by atoms with Gasteiger partial charge in [-0.25, -0.2) is 13.4 Å². The van der Waals surface area contributed by atoms with Gasteiger partial charge in [-0.1, -0.05) is 11.2 Å². The first-order valence-corrected chi connectivity index (χ1v) is 12.1. The fraction of sp³-hybridized carbons (Fsp3) is 0.476. The number of benzene rings is 1. The summed E-state index contributed by atoms with van der Waals surface area (Å²) in [4.78, 5) is 16.7. The Bertz CT molecular complexity index is 1240. The first-order chi connectivity index (χ1) is 14.3. The van der Waals surface area contributed by atoms with Crippen LogP contribution in [0.1, 0.15) is 55.0 Å². The Kier molecular flexibility index (Phi) is 4.46. The van der Waals surface area contributed by atoms with Gasteiger partial charge in [0.2, 0.25) is 5.91 Å². The monoisotopic (exact) mass is 428 g/mol. The molecule has 4 heterocycles. The lowest BCUT2D eigenvalue weighted by atomic mass is 10.0. The molecule has 8 nitrogen and oxygen atoms in total. The van der Waals surface area contributed by atoms with E-state index in [4.69, 9.17) is 9.51 Å². The van der Waals surface area contributed by atoms with Crippen molar-refractivity contribution in [2.45, 2.75) is 51.6 Å². The van der Waals surface area contributed by atoms with Crippen LogP contribution in [0.5, 0.6) is 0 Å². The van der Waals surface area contributed by atoms with Crippen LogP contribution in [0.3, 0.4) is 0 Å². The molecule has 2 aliphatic heterocycles. The zero-order chi connectivity index (χ0) is 21.0. The minimum absolute atomic E-state index is 0.00582. The largest absolute Gasteiger partial charge is 0.361 e. The molecule has 1 aromatic carbocycles. The van der Waals surface area contributed by atoms with Gasteiger partial charge in [0.25, 0.3) is 0 Å². The van der Waals surface area contributed by atoms with Crippen molar-refractivity contribution in [2.24, 2.45) is 0 Å². The molecular weight excluding hydrogens is 404 g/mol. The van der Waals surface area contributed by atoms with E-state index >= 15 is 0 Å². The highest BCUT2D eigenvalue weighted by Gasteiger charge is 2.33. The maximum absolute atomic E-state index is 12.3. The van der Waals surface area contributed by atoms with Crippen LogP contribution >= 0.6 is 0 Å². The third kappa shape index (κ3) is 3.21. The van der Waals surface area contributed by atoms with Crippen LogP contribution < -0.4 is 5.32 Å². The van der Waals surface area contributed by atoms with Gasteiger partial charge in [0, 0.05) is 18.0 Å². The number of hydrogen-bond acceptors (Lipinski definition) is 6. The standard InChI is InChI=1S/C21H24N4O4S/c1-12-20(13(2)29-24-12)14-5-7-18-17(10-14)23-21(16-6-8-19(26)22-16)25(18)15-4-3-9-30(27,28)11-15/h5,7,10,15-16H,3-4,6,8-9,11H2,1-2H3,(H,22,26). The first-order valence-electron chi connectivity index (χ1n) is 10.3. The van der Waals surface area contributed by atoms with E-state index in [1.165, 1.54) is 0 Å². The predicted molar refractivity (Wildman–Crippen MR) is 112 cm³/mol. The van der Waals surface area contributed by atoms with Crippen LogP contribution in [0.4, 0.5) is 0 Å². The molecule has 2 atom stereocenters. The molecule has 0 spiro atoms. The molecule has 2 aliphatic rings. The first kappa shape index (κ1) is 19.3.